The summed E-state index contributed by atoms with van der Waals surface area (Å²) >= 11 is 0. The van der Waals surface area contributed by atoms with Crippen LogP contribution in [0.15, 0.2) is 24.3 Å². The number of para-hydroxylation sites is 1. The lowest BCUT2D eigenvalue weighted by Gasteiger charge is -2.33. The van der Waals surface area contributed by atoms with Crippen LogP contribution in [0.5, 0.6) is 0 Å². The van der Waals surface area contributed by atoms with Gasteiger partial charge in [-0.1, -0.05) is 39.0 Å². The Morgan fingerprint density at radius 2 is 1.68 bits per heavy atom. The Bertz CT molecular complexity index is 444. The monoisotopic (exact) mass is 262 g/mol. The van der Waals surface area contributed by atoms with Gasteiger partial charge in [0.1, 0.15) is 0 Å². The van der Waals surface area contributed by atoms with Crippen LogP contribution >= 0.6 is 0 Å². The predicted octanol–water partition coefficient (Wildman–Crippen LogP) is 4.33. The summed E-state index contributed by atoms with van der Waals surface area (Å²) in [5, 5.41) is 5.94. The van der Waals surface area contributed by atoms with E-state index in [4.69, 9.17) is 0 Å². The third-order valence-corrected chi connectivity index (χ3v) is 2.82. The van der Waals surface area contributed by atoms with Gasteiger partial charge in [-0.3, -0.25) is 0 Å². The molecular formula is C16H26N2O. The van der Waals surface area contributed by atoms with Crippen molar-refractivity contribution in [1.82, 2.24) is 5.32 Å². The first-order chi connectivity index (χ1) is 8.59. The van der Waals surface area contributed by atoms with Gasteiger partial charge < -0.3 is 10.6 Å². The molecule has 0 radical (unpaired) electrons. The van der Waals surface area contributed by atoms with E-state index in [0.717, 1.165) is 17.7 Å². The van der Waals surface area contributed by atoms with E-state index in [-0.39, 0.29) is 17.0 Å². The average molecular weight is 262 g/mol. The molecule has 1 aromatic carbocycles. The highest BCUT2D eigenvalue weighted by molar-refractivity contribution is 5.90. The molecule has 0 spiro atoms. The summed E-state index contributed by atoms with van der Waals surface area (Å²) in [5.41, 5.74) is 1.86. The molecule has 19 heavy (non-hydrogen) atoms. The SMILES string of the molecule is Cc1ccccc1NC(=O)NC(C)(C)CC(C)(C)C. The van der Waals surface area contributed by atoms with Gasteiger partial charge in [0.15, 0.2) is 0 Å². The Morgan fingerprint density at radius 1 is 1.11 bits per heavy atom. The fourth-order valence-corrected chi connectivity index (χ4v) is 2.54. The molecule has 106 valence electrons. The van der Waals surface area contributed by atoms with Crippen LogP contribution in [0.25, 0.3) is 0 Å². The molecule has 1 rings (SSSR count). The number of urea groups is 1. The standard InChI is InChI=1S/C16H26N2O/c1-12-9-7-8-10-13(12)17-14(19)18-16(5,6)11-15(2,3)4/h7-10H,11H2,1-6H3,(H2,17,18,19). The number of rotatable bonds is 3. The van der Waals surface area contributed by atoms with Crippen LogP contribution in [0.2, 0.25) is 0 Å². The van der Waals surface area contributed by atoms with E-state index in [1.165, 1.54) is 0 Å². The maximum Gasteiger partial charge on any atom is 0.319 e. The molecule has 0 aliphatic carbocycles. The maximum atomic E-state index is 12.0. The molecule has 0 saturated heterocycles. The van der Waals surface area contributed by atoms with Crippen LogP contribution in [0.4, 0.5) is 10.5 Å². The molecule has 0 heterocycles. The number of nitrogens with one attached hydrogen (secondary N) is 2. The van der Waals surface area contributed by atoms with Gasteiger partial charge in [-0.25, -0.2) is 4.79 Å². The fraction of sp³-hybridized carbons (Fsp3) is 0.562. The number of hydrogen-bond acceptors (Lipinski definition) is 1. The predicted molar refractivity (Wildman–Crippen MR) is 81.5 cm³/mol. The lowest BCUT2D eigenvalue weighted by molar-refractivity contribution is 0.220. The zero-order valence-electron chi connectivity index (χ0n) is 12.9. The number of amides is 2. The van der Waals surface area contributed by atoms with Crippen LogP contribution in [-0.4, -0.2) is 11.6 Å². The number of carbonyl (C=O) groups is 1. The van der Waals surface area contributed by atoms with E-state index in [1.54, 1.807) is 0 Å². The molecule has 0 aliphatic heterocycles. The highest BCUT2D eigenvalue weighted by atomic mass is 16.2. The first-order valence-corrected chi connectivity index (χ1v) is 6.74. The highest BCUT2D eigenvalue weighted by Gasteiger charge is 2.27. The van der Waals surface area contributed by atoms with Gasteiger partial charge >= 0.3 is 6.03 Å². The lowest BCUT2D eigenvalue weighted by Crippen LogP contribution is -2.47. The molecule has 0 saturated carbocycles. The minimum Gasteiger partial charge on any atom is -0.333 e. The molecule has 0 bridgehead atoms. The van der Waals surface area contributed by atoms with Gasteiger partial charge in [-0.2, -0.15) is 0 Å². The number of carbonyl (C=O) groups excluding carboxylic acids is 1. The van der Waals surface area contributed by atoms with E-state index in [1.807, 2.05) is 31.2 Å². The van der Waals surface area contributed by atoms with Gasteiger partial charge in [-0.05, 0) is 44.2 Å². The minimum atomic E-state index is -0.231. The van der Waals surface area contributed by atoms with Crippen molar-refractivity contribution in [3.05, 3.63) is 29.8 Å². The van der Waals surface area contributed by atoms with Crippen LogP contribution in [0.1, 0.15) is 46.6 Å². The van der Waals surface area contributed by atoms with Crippen molar-refractivity contribution in [1.29, 1.82) is 0 Å². The van der Waals surface area contributed by atoms with Gasteiger partial charge in [-0.15, -0.1) is 0 Å². The van der Waals surface area contributed by atoms with E-state index in [0.29, 0.717) is 0 Å². The molecule has 0 aromatic heterocycles. The van der Waals surface area contributed by atoms with Gasteiger partial charge in [0.05, 0.1) is 0 Å². The summed E-state index contributed by atoms with van der Waals surface area (Å²) in [6.07, 6.45) is 0.918. The van der Waals surface area contributed by atoms with Crippen molar-refractivity contribution in [2.24, 2.45) is 5.41 Å². The van der Waals surface area contributed by atoms with E-state index in [9.17, 15) is 4.79 Å². The zero-order chi connectivity index (χ0) is 14.7. The van der Waals surface area contributed by atoms with Crippen LogP contribution in [0, 0.1) is 12.3 Å². The summed E-state index contributed by atoms with van der Waals surface area (Å²) in [6, 6.07) is 7.62. The third kappa shape index (κ3) is 5.77. The van der Waals surface area contributed by atoms with Crippen LogP contribution < -0.4 is 10.6 Å². The number of aryl methyl sites for hydroxylation is 1. The van der Waals surface area contributed by atoms with E-state index < -0.39 is 0 Å². The zero-order valence-corrected chi connectivity index (χ0v) is 12.9. The van der Waals surface area contributed by atoms with Crippen molar-refractivity contribution in [3.8, 4) is 0 Å². The quantitative estimate of drug-likeness (QED) is 0.836. The smallest absolute Gasteiger partial charge is 0.319 e. The molecule has 0 fully saturated rings. The second-order valence-corrected chi connectivity index (χ2v) is 7.02. The topological polar surface area (TPSA) is 41.1 Å². The second kappa shape index (κ2) is 5.64. The molecule has 0 aliphatic rings. The number of hydrogen-bond donors (Lipinski definition) is 2. The Hall–Kier alpha value is -1.51. The van der Waals surface area contributed by atoms with Gasteiger partial charge in [0.25, 0.3) is 0 Å². The molecule has 0 unspecified atom stereocenters. The average Bonchev–Trinajstić information content (AvgIpc) is 2.16. The van der Waals surface area contributed by atoms with Gasteiger partial charge in [0.2, 0.25) is 0 Å². The Labute approximate surface area is 116 Å². The number of benzene rings is 1. The molecule has 3 nitrogen and oxygen atoms in total. The van der Waals surface area contributed by atoms with Crippen molar-refractivity contribution < 1.29 is 4.79 Å². The molecule has 2 amide bonds. The summed E-state index contributed by atoms with van der Waals surface area (Å²) in [4.78, 5) is 12.0. The molecule has 3 heteroatoms. The first-order valence-electron chi connectivity index (χ1n) is 6.74. The van der Waals surface area contributed by atoms with Crippen LogP contribution in [0.3, 0.4) is 0 Å². The Balaban J connectivity index is 2.63. The largest absolute Gasteiger partial charge is 0.333 e. The van der Waals surface area contributed by atoms with Gasteiger partial charge in [0, 0.05) is 11.2 Å². The third-order valence-electron chi connectivity index (χ3n) is 2.82. The van der Waals surface area contributed by atoms with Crippen molar-refractivity contribution in [2.45, 2.75) is 53.5 Å². The normalized spacial score (nSPS) is 12.1. The van der Waals surface area contributed by atoms with Crippen LogP contribution in [-0.2, 0) is 0 Å². The summed E-state index contributed by atoms with van der Waals surface area (Å²) in [5.74, 6) is 0. The molecule has 1 aromatic rings. The molecule has 0 atom stereocenters. The highest BCUT2D eigenvalue weighted by Crippen LogP contribution is 2.26. The van der Waals surface area contributed by atoms with Crippen molar-refractivity contribution in [2.75, 3.05) is 5.32 Å². The van der Waals surface area contributed by atoms with E-state index in [2.05, 4.69) is 45.3 Å². The molecular weight excluding hydrogens is 236 g/mol. The van der Waals surface area contributed by atoms with E-state index >= 15 is 0 Å². The first kappa shape index (κ1) is 15.5. The fourth-order valence-electron chi connectivity index (χ4n) is 2.54. The summed E-state index contributed by atoms with van der Waals surface area (Å²) < 4.78 is 0. The van der Waals surface area contributed by atoms with Crippen molar-refractivity contribution >= 4 is 11.7 Å². The summed E-state index contributed by atoms with van der Waals surface area (Å²) in [7, 11) is 0. The maximum absolute atomic E-state index is 12.0. The lowest BCUT2D eigenvalue weighted by atomic mass is 9.82. The number of anilines is 1. The van der Waals surface area contributed by atoms with Crippen molar-refractivity contribution in [3.63, 3.8) is 0 Å². The summed E-state index contributed by atoms with van der Waals surface area (Å²) in [6.45, 7) is 12.6. The Morgan fingerprint density at radius 3 is 2.21 bits per heavy atom. The Kier molecular flexibility index (Phi) is 4.61. The minimum absolute atomic E-state index is 0.149. The second-order valence-electron chi connectivity index (χ2n) is 7.02. The molecule has 2 N–H and O–H groups in total.